The molecule has 1 saturated heterocycles. The minimum absolute atomic E-state index is 0.00824. The molecule has 3 rings (SSSR count). The third-order valence-corrected chi connectivity index (χ3v) is 5.70. The highest BCUT2D eigenvalue weighted by Crippen LogP contribution is 2.32. The highest BCUT2D eigenvalue weighted by molar-refractivity contribution is 8.26. The number of thioether (sulfide) groups is 1. The third-order valence-electron chi connectivity index (χ3n) is 4.32. The minimum atomic E-state index is -1.27. The molecule has 0 atom stereocenters. The number of aromatic carboxylic acids is 1. The maximum atomic E-state index is 12.6. The van der Waals surface area contributed by atoms with Crippen LogP contribution in [0, 0.1) is 6.92 Å². The van der Waals surface area contributed by atoms with Gasteiger partial charge in [0.1, 0.15) is 15.6 Å². The molecule has 1 heterocycles. The van der Waals surface area contributed by atoms with E-state index in [1.807, 2.05) is 31.2 Å². The predicted octanol–water partition coefficient (Wildman–Crippen LogP) is 3.63. The molecule has 2 aromatic carbocycles. The second-order valence-corrected chi connectivity index (χ2v) is 8.26. The second kappa shape index (κ2) is 9.10. The number of carboxylic acids is 1. The lowest BCUT2D eigenvalue weighted by molar-refractivity contribution is -0.122. The zero-order valence-corrected chi connectivity index (χ0v) is 17.5. The molecule has 0 unspecified atom stereocenters. The number of thiocarbonyl (C=S) groups is 1. The number of rotatable bonds is 6. The molecule has 1 fully saturated rings. The molecule has 0 saturated carbocycles. The number of anilines is 1. The Hall–Kier alpha value is -3.17. The molecule has 0 aromatic heterocycles. The molecule has 7 nitrogen and oxygen atoms in total. The first-order valence-corrected chi connectivity index (χ1v) is 10.2. The number of carbonyl (C=O) groups excluding carboxylic acids is 2. The molecular formula is C21H18N2O5S2. The summed E-state index contributed by atoms with van der Waals surface area (Å²) in [5.41, 5.74) is 2.01. The van der Waals surface area contributed by atoms with E-state index in [-0.39, 0.29) is 30.1 Å². The first kappa shape index (κ1) is 21.5. The van der Waals surface area contributed by atoms with E-state index in [0.29, 0.717) is 9.23 Å². The molecule has 0 spiro atoms. The van der Waals surface area contributed by atoms with Crippen molar-refractivity contribution in [3.63, 3.8) is 0 Å². The van der Waals surface area contributed by atoms with Crippen LogP contribution >= 0.6 is 24.0 Å². The molecule has 1 aliphatic rings. The van der Waals surface area contributed by atoms with Crippen LogP contribution in [-0.2, 0) is 9.59 Å². The van der Waals surface area contributed by atoms with Crippen molar-refractivity contribution in [2.45, 2.75) is 13.3 Å². The molecule has 0 bridgehead atoms. The molecule has 0 radical (unpaired) electrons. The van der Waals surface area contributed by atoms with Gasteiger partial charge in [-0.2, -0.15) is 0 Å². The fourth-order valence-corrected chi connectivity index (χ4v) is 4.04. The number of carboxylic acid groups (broad SMARTS) is 1. The Morgan fingerprint density at radius 3 is 2.53 bits per heavy atom. The van der Waals surface area contributed by atoms with Crippen LogP contribution in [0.25, 0.3) is 6.08 Å². The van der Waals surface area contributed by atoms with Crippen molar-refractivity contribution in [1.29, 1.82) is 0 Å². The van der Waals surface area contributed by atoms with Gasteiger partial charge in [-0.15, -0.1) is 0 Å². The van der Waals surface area contributed by atoms with Crippen LogP contribution < -0.4 is 5.32 Å². The summed E-state index contributed by atoms with van der Waals surface area (Å²) in [4.78, 5) is 37.6. The molecule has 30 heavy (non-hydrogen) atoms. The summed E-state index contributed by atoms with van der Waals surface area (Å²) in [5.74, 6) is -2.35. The number of benzene rings is 2. The fraction of sp³-hybridized carbons (Fsp3) is 0.143. The van der Waals surface area contributed by atoms with E-state index in [9.17, 15) is 19.5 Å². The average Bonchev–Trinajstić information content (AvgIpc) is 2.94. The summed E-state index contributed by atoms with van der Waals surface area (Å²) in [7, 11) is 0. The zero-order chi connectivity index (χ0) is 21.8. The number of hydrogen-bond acceptors (Lipinski definition) is 6. The Kier molecular flexibility index (Phi) is 6.53. The van der Waals surface area contributed by atoms with Crippen molar-refractivity contribution in [1.82, 2.24) is 4.90 Å². The summed E-state index contributed by atoms with van der Waals surface area (Å²) < 4.78 is 0.384. The third kappa shape index (κ3) is 5.05. The van der Waals surface area contributed by atoms with Gasteiger partial charge in [0.2, 0.25) is 5.91 Å². The van der Waals surface area contributed by atoms with Crippen molar-refractivity contribution >= 4 is 57.8 Å². The predicted molar refractivity (Wildman–Crippen MR) is 119 cm³/mol. The molecule has 2 aromatic rings. The number of hydrogen-bond donors (Lipinski definition) is 3. The summed E-state index contributed by atoms with van der Waals surface area (Å²) in [6.45, 7) is 2.09. The van der Waals surface area contributed by atoms with Gasteiger partial charge in [0.15, 0.2) is 0 Å². The average molecular weight is 443 g/mol. The van der Waals surface area contributed by atoms with Crippen molar-refractivity contribution < 1.29 is 24.6 Å². The van der Waals surface area contributed by atoms with E-state index in [1.54, 1.807) is 6.08 Å². The van der Waals surface area contributed by atoms with Crippen molar-refractivity contribution in [3.05, 3.63) is 64.1 Å². The number of aryl methyl sites for hydroxylation is 1. The lowest BCUT2D eigenvalue weighted by Crippen LogP contribution is -2.31. The molecule has 3 N–H and O–H groups in total. The van der Waals surface area contributed by atoms with Crippen molar-refractivity contribution in [2.75, 3.05) is 11.9 Å². The van der Waals surface area contributed by atoms with E-state index >= 15 is 0 Å². The summed E-state index contributed by atoms with van der Waals surface area (Å²) in [5, 5.41) is 21.2. The summed E-state index contributed by atoms with van der Waals surface area (Å²) in [6.07, 6.45) is 1.76. The minimum Gasteiger partial charge on any atom is -0.507 e. The monoisotopic (exact) mass is 442 g/mol. The Morgan fingerprint density at radius 1 is 1.20 bits per heavy atom. The van der Waals surface area contributed by atoms with Crippen LogP contribution in [0.15, 0.2) is 47.4 Å². The smallest absolute Gasteiger partial charge is 0.339 e. The number of phenols is 1. The van der Waals surface area contributed by atoms with Crippen molar-refractivity contribution in [2.24, 2.45) is 0 Å². The number of nitrogens with one attached hydrogen (secondary N) is 1. The Balaban J connectivity index is 1.60. The maximum Gasteiger partial charge on any atom is 0.339 e. The van der Waals surface area contributed by atoms with Crippen molar-refractivity contribution in [3.8, 4) is 5.75 Å². The standard InChI is InChI=1S/C21H18N2O5S2/c1-12-2-4-13(5-3-12)10-17-19(26)23(21(29)30-17)9-8-18(25)22-14-6-7-15(20(27)28)16(24)11-14/h2-7,10-11,24H,8-9H2,1H3,(H,22,25)(H,27,28)/b17-10+. The lowest BCUT2D eigenvalue weighted by atomic mass is 10.1. The molecule has 2 amide bonds. The van der Waals surface area contributed by atoms with Gasteiger partial charge in [-0.1, -0.05) is 53.8 Å². The van der Waals surface area contributed by atoms with Gasteiger partial charge >= 0.3 is 5.97 Å². The molecule has 154 valence electrons. The Labute approximate surface area is 182 Å². The number of nitrogens with zero attached hydrogens (tertiary/aromatic N) is 1. The first-order valence-electron chi connectivity index (χ1n) is 8.93. The quantitative estimate of drug-likeness (QED) is 0.463. The molecular weight excluding hydrogens is 424 g/mol. The van der Waals surface area contributed by atoms with Crippen LogP contribution in [0.4, 0.5) is 5.69 Å². The lowest BCUT2D eigenvalue weighted by Gasteiger charge is -2.14. The first-order chi connectivity index (χ1) is 14.2. The highest BCUT2D eigenvalue weighted by Gasteiger charge is 2.32. The van der Waals surface area contributed by atoms with E-state index in [4.69, 9.17) is 17.3 Å². The topological polar surface area (TPSA) is 107 Å². The Bertz CT molecular complexity index is 1060. The normalized spacial score (nSPS) is 15.0. The van der Waals surface area contributed by atoms with Gasteiger partial charge in [-0.05, 0) is 30.7 Å². The maximum absolute atomic E-state index is 12.6. The van der Waals surface area contributed by atoms with E-state index in [0.717, 1.165) is 17.2 Å². The Morgan fingerprint density at radius 2 is 1.90 bits per heavy atom. The van der Waals surface area contributed by atoms with E-state index < -0.39 is 17.6 Å². The molecule has 9 heteroatoms. The van der Waals surface area contributed by atoms with Gasteiger partial charge in [0.25, 0.3) is 5.91 Å². The SMILES string of the molecule is Cc1ccc(/C=C2/SC(=S)N(CCC(=O)Nc3ccc(C(=O)O)c(O)c3)C2=O)cc1. The number of amides is 2. The van der Waals surface area contributed by atoms with E-state index in [2.05, 4.69) is 5.32 Å². The van der Waals surface area contributed by atoms with Gasteiger partial charge in [-0.25, -0.2) is 4.79 Å². The van der Waals surface area contributed by atoms with Gasteiger partial charge < -0.3 is 15.5 Å². The van der Waals surface area contributed by atoms with Gasteiger partial charge in [-0.3, -0.25) is 14.5 Å². The molecule has 1 aliphatic heterocycles. The second-order valence-electron chi connectivity index (χ2n) is 6.58. The fourth-order valence-electron chi connectivity index (χ4n) is 2.73. The van der Waals surface area contributed by atoms with Crippen LogP contribution in [0.3, 0.4) is 0 Å². The van der Waals surface area contributed by atoms with Gasteiger partial charge in [0, 0.05) is 24.7 Å². The molecule has 0 aliphatic carbocycles. The number of carbonyl (C=O) groups is 3. The van der Waals surface area contributed by atoms with Gasteiger partial charge in [0.05, 0.1) is 4.91 Å². The van der Waals surface area contributed by atoms with Crippen LogP contribution in [0.5, 0.6) is 5.75 Å². The largest absolute Gasteiger partial charge is 0.507 e. The summed E-state index contributed by atoms with van der Waals surface area (Å²) in [6, 6.07) is 11.5. The van der Waals surface area contributed by atoms with Crippen LogP contribution in [-0.4, -0.2) is 43.8 Å². The van der Waals surface area contributed by atoms with E-state index in [1.165, 1.54) is 28.8 Å². The van der Waals surface area contributed by atoms with Crippen LogP contribution in [0.2, 0.25) is 0 Å². The summed E-state index contributed by atoms with van der Waals surface area (Å²) >= 11 is 6.47. The highest BCUT2D eigenvalue weighted by atomic mass is 32.2. The van der Waals surface area contributed by atoms with Crippen LogP contribution in [0.1, 0.15) is 27.9 Å². The zero-order valence-electron chi connectivity index (χ0n) is 15.9. The number of aromatic hydroxyl groups is 1.